The molecule has 2 aromatic rings. The van der Waals surface area contributed by atoms with Crippen LogP contribution in [0.2, 0.25) is 0 Å². The molecule has 7 rings (SSSR count). The summed E-state index contributed by atoms with van der Waals surface area (Å²) < 4.78 is 19.6. The van der Waals surface area contributed by atoms with Crippen LogP contribution < -0.4 is 5.73 Å². The molecule has 44 heavy (non-hydrogen) atoms. The highest BCUT2D eigenvalue weighted by atomic mass is 32.1. The number of carbonyl (C=O) groups excluding carboxylic acids is 3. The maximum absolute atomic E-state index is 17.8. The van der Waals surface area contributed by atoms with E-state index < -0.39 is 51.2 Å². The van der Waals surface area contributed by atoms with Gasteiger partial charge in [0.1, 0.15) is 17.3 Å². The van der Waals surface area contributed by atoms with Crippen molar-refractivity contribution in [3.05, 3.63) is 52.9 Å². The number of benzene rings is 1. The number of thiol groups is 1. The van der Waals surface area contributed by atoms with Crippen LogP contribution in [0.4, 0.5) is 4.39 Å². The van der Waals surface area contributed by atoms with Gasteiger partial charge in [-0.2, -0.15) is 5.10 Å². The molecular formula is C33H39FN4O5S. The zero-order chi connectivity index (χ0) is 31.4. The van der Waals surface area contributed by atoms with Crippen LogP contribution in [0.3, 0.4) is 0 Å². The zero-order valence-electron chi connectivity index (χ0n) is 25.0. The number of nitrogens with two attached hydrogens (primary N) is 1. The fraction of sp³-hybridized carbons (Fsp3) is 0.576. The number of carbonyl (C=O) groups is 3. The Morgan fingerprint density at radius 2 is 1.93 bits per heavy atom. The van der Waals surface area contributed by atoms with Crippen molar-refractivity contribution in [1.82, 2.24) is 14.7 Å². The Morgan fingerprint density at radius 3 is 2.66 bits per heavy atom. The van der Waals surface area contributed by atoms with Gasteiger partial charge in [0, 0.05) is 28.9 Å². The molecule has 0 bridgehead atoms. The van der Waals surface area contributed by atoms with Crippen molar-refractivity contribution in [2.45, 2.75) is 88.6 Å². The van der Waals surface area contributed by atoms with E-state index in [0.717, 1.165) is 23.3 Å². The Balaban J connectivity index is 1.22. The Labute approximate surface area is 261 Å². The fourth-order valence-electron chi connectivity index (χ4n) is 9.86. The SMILES string of the molecule is C[C@]12Cc3cnn(-c4cccc(C(=O)N5CCC[C@@H]5C(N)=O)c4)c3C=C1CC[C@H]1[C@@H]3CC[C@](O)(C(=O)S)[C@@]3(C)C[C@H](O)[C@@]12F. The number of rotatable bonds is 4. The van der Waals surface area contributed by atoms with Gasteiger partial charge < -0.3 is 20.8 Å². The van der Waals surface area contributed by atoms with Gasteiger partial charge in [-0.05, 0) is 87.1 Å². The zero-order valence-corrected chi connectivity index (χ0v) is 25.9. The van der Waals surface area contributed by atoms with Gasteiger partial charge in [-0.25, -0.2) is 9.07 Å². The average Bonchev–Trinajstić information content (AvgIpc) is 3.69. The van der Waals surface area contributed by atoms with E-state index in [9.17, 15) is 24.6 Å². The summed E-state index contributed by atoms with van der Waals surface area (Å²) in [6.45, 7) is 4.18. The summed E-state index contributed by atoms with van der Waals surface area (Å²) >= 11 is 4.00. The number of aromatic nitrogens is 2. The van der Waals surface area contributed by atoms with Crippen molar-refractivity contribution in [3.8, 4) is 5.69 Å². The number of likely N-dealkylation sites (tertiary alicyclic amines) is 1. The highest BCUT2D eigenvalue weighted by molar-refractivity contribution is 7.96. The first-order valence-electron chi connectivity index (χ1n) is 15.6. The molecule has 4 N–H and O–H groups in total. The Hall–Kier alpha value is -3.02. The number of alkyl halides is 1. The van der Waals surface area contributed by atoms with Crippen molar-refractivity contribution in [2.75, 3.05) is 6.54 Å². The lowest BCUT2D eigenvalue weighted by Crippen LogP contribution is -2.69. The second-order valence-electron chi connectivity index (χ2n) is 14.1. The molecule has 8 atom stereocenters. The molecule has 9 nitrogen and oxygen atoms in total. The fourth-order valence-corrected chi connectivity index (χ4v) is 10.2. The molecule has 5 aliphatic rings. The van der Waals surface area contributed by atoms with E-state index in [4.69, 9.17) is 5.73 Å². The first-order valence-corrected chi connectivity index (χ1v) is 16.0. The quantitative estimate of drug-likeness (QED) is 0.386. The topological polar surface area (TPSA) is 139 Å². The molecule has 11 heteroatoms. The average molecular weight is 623 g/mol. The summed E-state index contributed by atoms with van der Waals surface area (Å²) in [6.07, 6.45) is 5.79. The standard InChI is InChI=1S/C33H39FN4O5S/c1-30-15-19-17-36-38(21-6-3-5-18(13-21)28(41)37-12-4-7-24(37)27(35)40)25(19)14-20(30)8-9-23-22-10-11-32(43,29(42)44)31(22,2)16-26(39)33(23,30)34/h3,5-6,13-14,17,22-24,26,39,43H,4,7-12,15-16H2,1-2H3,(H2,35,40)(H,42,44)/t22-,23-,24+,26-,30-,31-,32-,33-/m0/s1. The summed E-state index contributed by atoms with van der Waals surface area (Å²) in [5, 5.41) is 27.0. The molecule has 1 aliphatic heterocycles. The summed E-state index contributed by atoms with van der Waals surface area (Å²) in [5.74, 6) is -1.54. The van der Waals surface area contributed by atoms with Gasteiger partial charge in [-0.1, -0.05) is 25.5 Å². The van der Waals surface area contributed by atoms with E-state index in [-0.39, 0.29) is 24.7 Å². The Kier molecular flexibility index (Phi) is 6.57. The smallest absolute Gasteiger partial charge is 0.254 e. The van der Waals surface area contributed by atoms with Crippen LogP contribution in [0.1, 0.15) is 80.4 Å². The van der Waals surface area contributed by atoms with Gasteiger partial charge in [-0.15, -0.1) is 12.6 Å². The van der Waals surface area contributed by atoms with Crippen LogP contribution in [-0.2, 0) is 16.0 Å². The van der Waals surface area contributed by atoms with Crippen LogP contribution in [0, 0.1) is 22.7 Å². The molecule has 3 saturated carbocycles. The van der Waals surface area contributed by atoms with Gasteiger partial charge in [0.25, 0.3) is 5.91 Å². The third-order valence-corrected chi connectivity index (χ3v) is 12.6. The number of primary amides is 1. The number of amides is 2. The molecular weight excluding hydrogens is 583 g/mol. The number of fused-ring (bicyclic) bond motifs is 6. The van der Waals surface area contributed by atoms with Gasteiger partial charge in [-0.3, -0.25) is 14.4 Å². The number of hydrogen-bond acceptors (Lipinski definition) is 6. The van der Waals surface area contributed by atoms with Gasteiger partial charge >= 0.3 is 0 Å². The lowest BCUT2D eigenvalue weighted by molar-refractivity contribution is -0.222. The molecule has 1 aromatic carbocycles. The molecule has 0 spiro atoms. The number of aliphatic hydroxyl groups excluding tert-OH is 1. The van der Waals surface area contributed by atoms with Gasteiger partial charge in [0.2, 0.25) is 11.0 Å². The van der Waals surface area contributed by atoms with Gasteiger partial charge in [0.15, 0.2) is 0 Å². The minimum Gasteiger partial charge on any atom is -0.390 e. The summed E-state index contributed by atoms with van der Waals surface area (Å²) in [4.78, 5) is 39.3. The molecule has 0 unspecified atom stereocenters. The maximum atomic E-state index is 17.8. The highest BCUT2D eigenvalue weighted by Crippen LogP contribution is 2.70. The van der Waals surface area contributed by atoms with E-state index in [1.54, 1.807) is 29.1 Å². The largest absolute Gasteiger partial charge is 0.390 e. The first-order chi connectivity index (χ1) is 20.8. The van der Waals surface area contributed by atoms with Crippen LogP contribution in [0.25, 0.3) is 11.8 Å². The predicted octanol–water partition coefficient (Wildman–Crippen LogP) is 3.39. The minimum absolute atomic E-state index is 0.0170. The molecule has 2 amide bonds. The third kappa shape index (κ3) is 3.72. The van der Waals surface area contributed by atoms with Crippen molar-refractivity contribution in [2.24, 2.45) is 28.4 Å². The molecule has 4 aliphatic carbocycles. The van der Waals surface area contributed by atoms with E-state index in [1.807, 2.05) is 26.0 Å². The monoisotopic (exact) mass is 622 g/mol. The van der Waals surface area contributed by atoms with Crippen LogP contribution in [-0.4, -0.2) is 71.8 Å². The summed E-state index contributed by atoms with van der Waals surface area (Å²) in [6, 6.07) is 6.49. The van der Waals surface area contributed by atoms with E-state index in [0.29, 0.717) is 49.9 Å². The lowest BCUT2D eigenvalue weighted by Gasteiger charge is -2.63. The number of halogens is 1. The van der Waals surface area contributed by atoms with E-state index in [2.05, 4.69) is 17.7 Å². The van der Waals surface area contributed by atoms with Crippen LogP contribution in [0.5, 0.6) is 0 Å². The highest BCUT2D eigenvalue weighted by Gasteiger charge is 2.74. The Morgan fingerprint density at radius 1 is 1.16 bits per heavy atom. The number of nitrogens with zero attached hydrogens (tertiary/aromatic N) is 3. The van der Waals surface area contributed by atoms with Crippen LogP contribution >= 0.6 is 12.6 Å². The molecule has 1 saturated heterocycles. The predicted molar refractivity (Wildman–Crippen MR) is 164 cm³/mol. The lowest BCUT2D eigenvalue weighted by atomic mass is 9.44. The van der Waals surface area contributed by atoms with Crippen LogP contribution in [0.15, 0.2) is 36.0 Å². The van der Waals surface area contributed by atoms with E-state index in [1.165, 1.54) is 4.90 Å². The normalized spacial score (nSPS) is 39.1. The second kappa shape index (κ2) is 9.74. The van der Waals surface area contributed by atoms with Crippen molar-refractivity contribution < 1.29 is 29.0 Å². The van der Waals surface area contributed by atoms with E-state index >= 15 is 4.39 Å². The molecule has 4 fully saturated rings. The molecule has 234 valence electrons. The molecule has 0 radical (unpaired) electrons. The number of aliphatic hydroxyl groups is 2. The maximum Gasteiger partial charge on any atom is 0.254 e. The number of allylic oxidation sites excluding steroid dienone is 1. The van der Waals surface area contributed by atoms with Crippen molar-refractivity contribution in [1.29, 1.82) is 0 Å². The summed E-state index contributed by atoms with van der Waals surface area (Å²) in [7, 11) is 0. The van der Waals surface area contributed by atoms with Crippen molar-refractivity contribution in [3.63, 3.8) is 0 Å². The molecule has 1 aromatic heterocycles. The third-order valence-electron chi connectivity index (χ3n) is 12.3. The first kappa shape index (κ1) is 29.7. The molecule has 2 heterocycles. The second-order valence-corrected chi connectivity index (χ2v) is 14.5. The number of hydrogen-bond donors (Lipinski definition) is 4. The minimum atomic E-state index is -1.95. The van der Waals surface area contributed by atoms with Gasteiger partial charge in [0.05, 0.1) is 23.7 Å². The Bertz CT molecular complexity index is 1630. The summed E-state index contributed by atoms with van der Waals surface area (Å²) in [5.41, 5.74) is 3.61. The van der Waals surface area contributed by atoms with Crippen molar-refractivity contribution >= 4 is 35.6 Å².